The quantitative estimate of drug-likeness (QED) is 0.153. The first kappa shape index (κ1) is 30.9. The number of aryl methyl sites for hydroxylation is 1. The minimum atomic E-state index is -4.50. The van der Waals surface area contributed by atoms with Crippen LogP contribution in [-0.2, 0) is 17.2 Å². The fourth-order valence-corrected chi connectivity index (χ4v) is 8.34. The Morgan fingerprint density at radius 3 is 1.94 bits per heavy atom. The van der Waals surface area contributed by atoms with Gasteiger partial charge in [-0.3, -0.25) is 0 Å². The number of fused-ring (bicyclic) bond motifs is 3. The van der Waals surface area contributed by atoms with Crippen LogP contribution < -0.4 is 9.81 Å². The monoisotopic (exact) mass is 725 g/mol. The second kappa shape index (κ2) is 12.2. The van der Waals surface area contributed by atoms with Crippen LogP contribution in [0.1, 0.15) is 22.7 Å². The summed E-state index contributed by atoms with van der Waals surface area (Å²) in [5, 5.41) is 2.88. The molecule has 0 N–H and O–H groups in total. The molecule has 0 saturated carbocycles. The smallest absolute Gasteiger partial charge is 0.346 e. The molecular weight excluding hydrogens is 698 g/mol. The molecule has 2 aromatic heterocycles. The molecule has 0 aliphatic rings. The molecule has 240 valence electrons. The Kier molecular flexibility index (Phi) is 7.70. The minimum Gasteiger partial charge on any atom is -0.388 e. The van der Waals surface area contributed by atoms with Crippen molar-refractivity contribution in [3.63, 3.8) is 0 Å². The summed E-state index contributed by atoms with van der Waals surface area (Å²) in [7, 11) is -2.49. The fraction of sp³-hybridized carbons (Fsp3) is 0.0488. The standard InChI is InChI=1S/C41H28BrNO5S/c1-43-34-24-23-29(42)25-33(34)37(39(43)36(27-14-4-2-5-15-27)28-16-6-3-7-17-28)38-31-20-10-11-21-32(31)40(44)47-41(38)48-49(45,46)35-22-12-18-26-13-8-9-19-30(26)35/h2-25,36H,1H3. The molecule has 6 aromatic carbocycles. The minimum absolute atomic E-state index is 0.0281. The molecule has 8 aromatic rings. The first-order valence-electron chi connectivity index (χ1n) is 15.7. The number of aromatic nitrogens is 1. The summed E-state index contributed by atoms with van der Waals surface area (Å²) in [6.07, 6.45) is 0. The van der Waals surface area contributed by atoms with E-state index in [0.29, 0.717) is 27.3 Å². The van der Waals surface area contributed by atoms with Crippen molar-refractivity contribution in [2.24, 2.45) is 7.05 Å². The maximum Gasteiger partial charge on any atom is 0.346 e. The SMILES string of the molecule is Cn1c(C(c2ccccc2)c2ccccc2)c(-c2c(OS(=O)(=O)c3cccc4ccccc34)oc(=O)c3ccccc23)c2cc(Br)ccc21. The Bertz CT molecular complexity index is 2660. The highest BCUT2D eigenvalue weighted by atomic mass is 79.9. The van der Waals surface area contributed by atoms with Crippen molar-refractivity contribution in [3.8, 4) is 17.1 Å². The lowest BCUT2D eigenvalue weighted by molar-refractivity contribution is 0.364. The van der Waals surface area contributed by atoms with Gasteiger partial charge in [0.2, 0.25) is 0 Å². The summed E-state index contributed by atoms with van der Waals surface area (Å²) >= 11 is 3.67. The average molecular weight is 727 g/mol. The van der Waals surface area contributed by atoms with Gasteiger partial charge in [0.25, 0.3) is 0 Å². The van der Waals surface area contributed by atoms with Gasteiger partial charge in [-0.2, -0.15) is 8.42 Å². The first-order valence-corrected chi connectivity index (χ1v) is 17.9. The van der Waals surface area contributed by atoms with Gasteiger partial charge in [0, 0.05) is 50.4 Å². The molecule has 0 radical (unpaired) electrons. The molecule has 6 nitrogen and oxygen atoms in total. The average Bonchev–Trinajstić information content (AvgIpc) is 3.39. The predicted octanol–water partition coefficient (Wildman–Crippen LogP) is 9.82. The number of nitrogens with zero attached hydrogens (tertiary/aromatic N) is 1. The third kappa shape index (κ3) is 5.33. The molecule has 0 aliphatic carbocycles. The van der Waals surface area contributed by atoms with Crippen molar-refractivity contribution in [2.45, 2.75) is 10.8 Å². The van der Waals surface area contributed by atoms with E-state index < -0.39 is 21.7 Å². The molecule has 2 heterocycles. The van der Waals surface area contributed by atoms with Gasteiger partial charge in [-0.05, 0) is 46.8 Å². The zero-order chi connectivity index (χ0) is 33.7. The second-order valence-corrected chi connectivity index (χ2v) is 14.3. The Balaban J connectivity index is 1.49. The van der Waals surface area contributed by atoms with Crippen molar-refractivity contribution in [3.05, 3.63) is 177 Å². The molecule has 0 atom stereocenters. The van der Waals surface area contributed by atoms with Crippen LogP contribution in [0.25, 0.3) is 43.6 Å². The summed E-state index contributed by atoms with van der Waals surface area (Å²) in [6.45, 7) is 0. The maximum absolute atomic E-state index is 14.2. The summed E-state index contributed by atoms with van der Waals surface area (Å²) < 4.78 is 43.3. The zero-order valence-electron chi connectivity index (χ0n) is 26.2. The van der Waals surface area contributed by atoms with Gasteiger partial charge in [-0.25, -0.2) is 4.79 Å². The zero-order valence-corrected chi connectivity index (χ0v) is 28.6. The molecule has 0 bridgehead atoms. The Labute approximate surface area is 291 Å². The molecular formula is C41H28BrNO5S. The van der Waals surface area contributed by atoms with Crippen molar-refractivity contribution in [2.75, 3.05) is 0 Å². The van der Waals surface area contributed by atoms with Crippen molar-refractivity contribution >= 4 is 58.5 Å². The third-order valence-electron chi connectivity index (χ3n) is 9.01. The lowest BCUT2D eigenvalue weighted by Crippen LogP contribution is -2.14. The van der Waals surface area contributed by atoms with E-state index in [1.807, 2.05) is 85.9 Å². The van der Waals surface area contributed by atoms with E-state index in [9.17, 15) is 13.2 Å². The van der Waals surface area contributed by atoms with Crippen LogP contribution in [0.2, 0.25) is 0 Å². The Morgan fingerprint density at radius 1 is 0.653 bits per heavy atom. The van der Waals surface area contributed by atoms with Gasteiger partial charge in [0.1, 0.15) is 4.90 Å². The summed E-state index contributed by atoms with van der Waals surface area (Å²) in [6, 6.07) is 45.6. The Morgan fingerprint density at radius 2 is 1.24 bits per heavy atom. The van der Waals surface area contributed by atoms with Crippen LogP contribution in [0, 0.1) is 0 Å². The highest BCUT2D eigenvalue weighted by Crippen LogP contribution is 2.48. The molecule has 0 saturated heterocycles. The fourth-order valence-electron chi connectivity index (χ4n) is 6.87. The van der Waals surface area contributed by atoms with Crippen molar-refractivity contribution in [1.29, 1.82) is 0 Å². The van der Waals surface area contributed by atoms with Gasteiger partial charge >= 0.3 is 21.7 Å². The van der Waals surface area contributed by atoms with E-state index in [2.05, 4.69) is 44.8 Å². The van der Waals surface area contributed by atoms with E-state index in [0.717, 1.165) is 37.6 Å². The first-order chi connectivity index (χ1) is 23.8. The lowest BCUT2D eigenvalue weighted by atomic mass is 9.84. The van der Waals surface area contributed by atoms with E-state index in [-0.39, 0.29) is 10.8 Å². The van der Waals surface area contributed by atoms with Crippen molar-refractivity contribution < 1.29 is 17.0 Å². The van der Waals surface area contributed by atoms with Gasteiger partial charge in [0.05, 0.1) is 10.9 Å². The molecule has 49 heavy (non-hydrogen) atoms. The summed E-state index contributed by atoms with van der Waals surface area (Å²) in [5.41, 5.74) is 4.21. The van der Waals surface area contributed by atoms with Gasteiger partial charge in [-0.1, -0.05) is 131 Å². The summed E-state index contributed by atoms with van der Waals surface area (Å²) in [5.74, 6) is -0.688. The van der Waals surface area contributed by atoms with Gasteiger partial charge in [0.15, 0.2) is 0 Å². The number of halogens is 1. The predicted molar refractivity (Wildman–Crippen MR) is 198 cm³/mol. The highest BCUT2D eigenvalue weighted by Gasteiger charge is 2.33. The molecule has 0 fully saturated rings. The van der Waals surface area contributed by atoms with Crippen LogP contribution >= 0.6 is 15.9 Å². The summed E-state index contributed by atoms with van der Waals surface area (Å²) in [4.78, 5) is 13.5. The number of benzene rings is 6. The number of rotatable bonds is 7. The van der Waals surface area contributed by atoms with Crippen LogP contribution in [0.5, 0.6) is 5.95 Å². The second-order valence-electron chi connectivity index (χ2n) is 11.8. The molecule has 0 aliphatic heterocycles. The van der Waals surface area contributed by atoms with Crippen LogP contribution in [0.3, 0.4) is 0 Å². The molecule has 0 spiro atoms. The van der Waals surface area contributed by atoms with Crippen LogP contribution in [-0.4, -0.2) is 13.0 Å². The van der Waals surface area contributed by atoms with E-state index in [4.69, 9.17) is 8.60 Å². The Hall–Kier alpha value is -5.44. The van der Waals surface area contributed by atoms with Gasteiger partial charge in [-0.15, -0.1) is 0 Å². The largest absolute Gasteiger partial charge is 0.388 e. The molecule has 0 amide bonds. The van der Waals surface area contributed by atoms with Crippen molar-refractivity contribution in [1.82, 2.24) is 4.57 Å². The van der Waals surface area contributed by atoms with E-state index in [1.165, 1.54) is 6.07 Å². The highest BCUT2D eigenvalue weighted by molar-refractivity contribution is 9.10. The topological polar surface area (TPSA) is 78.5 Å². The lowest BCUT2D eigenvalue weighted by Gasteiger charge is -2.23. The van der Waals surface area contributed by atoms with E-state index in [1.54, 1.807) is 36.4 Å². The van der Waals surface area contributed by atoms with Gasteiger partial charge < -0.3 is 13.2 Å². The van der Waals surface area contributed by atoms with E-state index >= 15 is 0 Å². The molecule has 8 heteroatoms. The van der Waals surface area contributed by atoms with Crippen LogP contribution in [0.4, 0.5) is 0 Å². The van der Waals surface area contributed by atoms with Crippen LogP contribution in [0.15, 0.2) is 164 Å². The maximum atomic E-state index is 14.2. The number of hydrogen-bond acceptors (Lipinski definition) is 5. The normalized spacial score (nSPS) is 11.9. The third-order valence-corrected chi connectivity index (χ3v) is 10.8. The number of hydrogen-bond donors (Lipinski definition) is 0. The molecule has 8 rings (SSSR count). The molecule has 0 unspecified atom stereocenters.